The number of hydrogen-bond acceptors (Lipinski definition) is 7. The molecule has 0 saturated carbocycles. The van der Waals surface area contributed by atoms with E-state index < -0.39 is 5.25 Å². The molecule has 0 aliphatic carbocycles. The summed E-state index contributed by atoms with van der Waals surface area (Å²) in [6.07, 6.45) is 0.521. The van der Waals surface area contributed by atoms with E-state index >= 15 is 0 Å². The van der Waals surface area contributed by atoms with Crippen LogP contribution in [0, 0.1) is 5.82 Å². The predicted octanol–water partition coefficient (Wildman–Crippen LogP) is 5.05. The first-order valence-electron chi connectivity index (χ1n) is 11.9. The maximum atomic E-state index is 13.5. The van der Waals surface area contributed by atoms with E-state index in [2.05, 4.69) is 10.3 Å². The van der Waals surface area contributed by atoms with Gasteiger partial charge in [0.1, 0.15) is 16.8 Å². The molecule has 1 aliphatic rings. The van der Waals surface area contributed by atoms with Crippen LogP contribution in [0.15, 0.2) is 71.7 Å². The van der Waals surface area contributed by atoms with E-state index in [0.717, 1.165) is 5.56 Å². The van der Waals surface area contributed by atoms with Crippen molar-refractivity contribution in [1.29, 1.82) is 0 Å². The summed E-state index contributed by atoms with van der Waals surface area (Å²) in [6, 6.07) is 18.3. The number of methoxy groups -OCH3 is 3. The van der Waals surface area contributed by atoms with Crippen LogP contribution in [0.25, 0.3) is 0 Å². The second-order valence-corrected chi connectivity index (χ2v) is 9.53. The van der Waals surface area contributed by atoms with Crippen molar-refractivity contribution in [3.05, 3.63) is 78.1 Å². The summed E-state index contributed by atoms with van der Waals surface area (Å²) in [5.74, 6) is 0.774. The standard InChI is InChI=1S/C28H28FN3O5S/c1-35-22-7-5-4-6-21(22)31-27(34)25-17-26(33)32(28(38-25)30-20-11-9-19(29)10-12-20)15-14-18-8-13-23(36-2)24(16-18)37-3/h4-13,16,25H,14-15,17H2,1-3H3,(H,31,34). The number of ether oxygens (including phenoxy) is 3. The summed E-state index contributed by atoms with van der Waals surface area (Å²) >= 11 is 1.20. The van der Waals surface area contributed by atoms with Crippen LogP contribution in [-0.4, -0.2) is 55.0 Å². The van der Waals surface area contributed by atoms with E-state index in [1.807, 2.05) is 18.2 Å². The van der Waals surface area contributed by atoms with E-state index in [4.69, 9.17) is 14.2 Å². The quantitative estimate of drug-likeness (QED) is 0.411. The highest BCUT2D eigenvalue weighted by Crippen LogP contribution is 2.32. The van der Waals surface area contributed by atoms with Gasteiger partial charge in [0.2, 0.25) is 11.8 Å². The molecule has 1 fully saturated rings. The molecule has 2 amide bonds. The van der Waals surface area contributed by atoms with Crippen molar-refractivity contribution in [3.8, 4) is 17.2 Å². The number of halogens is 1. The lowest BCUT2D eigenvalue weighted by Gasteiger charge is -2.32. The number of amides is 2. The first-order valence-corrected chi connectivity index (χ1v) is 12.8. The van der Waals surface area contributed by atoms with Crippen molar-refractivity contribution < 1.29 is 28.2 Å². The topological polar surface area (TPSA) is 89.5 Å². The minimum Gasteiger partial charge on any atom is -0.495 e. The lowest BCUT2D eigenvalue weighted by molar-refractivity contribution is -0.129. The van der Waals surface area contributed by atoms with E-state index in [1.54, 1.807) is 43.4 Å². The van der Waals surface area contributed by atoms with Gasteiger partial charge in [-0.15, -0.1) is 0 Å². The van der Waals surface area contributed by atoms with Crippen molar-refractivity contribution in [2.45, 2.75) is 18.1 Å². The maximum Gasteiger partial charge on any atom is 0.238 e. The Bertz CT molecular complexity index is 1330. The molecule has 3 aromatic rings. The molecule has 1 N–H and O–H groups in total. The molecule has 1 aliphatic heterocycles. The lowest BCUT2D eigenvalue weighted by Crippen LogP contribution is -2.46. The zero-order valence-electron chi connectivity index (χ0n) is 21.3. The Kier molecular flexibility index (Phi) is 8.85. The van der Waals surface area contributed by atoms with Crippen LogP contribution in [0.1, 0.15) is 12.0 Å². The molecule has 1 heterocycles. The van der Waals surface area contributed by atoms with Gasteiger partial charge in [0, 0.05) is 13.0 Å². The molecule has 0 radical (unpaired) electrons. The van der Waals surface area contributed by atoms with Gasteiger partial charge in [-0.3, -0.25) is 14.5 Å². The first-order chi connectivity index (χ1) is 18.4. The van der Waals surface area contributed by atoms with Crippen LogP contribution < -0.4 is 19.5 Å². The Hall–Kier alpha value is -4.05. The van der Waals surface area contributed by atoms with Crippen molar-refractivity contribution >= 4 is 40.1 Å². The summed E-state index contributed by atoms with van der Waals surface area (Å²) in [4.78, 5) is 32.6. The summed E-state index contributed by atoms with van der Waals surface area (Å²) in [5.41, 5.74) is 1.93. The average molecular weight is 538 g/mol. The Morgan fingerprint density at radius 2 is 1.71 bits per heavy atom. The highest BCUT2D eigenvalue weighted by molar-refractivity contribution is 8.15. The number of carbonyl (C=O) groups excluding carboxylic acids is 2. The number of aliphatic imine (C=N–C) groups is 1. The SMILES string of the molecule is COc1ccccc1NC(=O)C1CC(=O)N(CCc2ccc(OC)c(OC)c2)C(=Nc2ccc(F)cc2)S1. The highest BCUT2D eigenvalue weighted by Gasteiger charge is 2.36. The van der Waals surface area contributed by atoms with Gasteiger partial charge in [-0.2, -0.15) is 0 Å². The number of benzene rings is 3. The molecule has 0 bridgehead atoms. The van der Waals surface area contributed by atoms with Gasteiger partial charge in [-0.25, -0.2) is 9.38 Å². The second kappa shape index (κ2) is 12.5. The van der Waals surface area contributed by atoms with E-state index in [9.17, 15) is 14.0 Å². The number of carbonyl (C=O) groups is 2. The number of nitrogens with one attached hydrogen (secondary N) is 1. The zero-order valence-corrected chi connectivity index (χ0v) is 22.1. The average Bonchev–Trinajstić information content (AvgIpc) is 2.93. The van der Waals surface area contributed by atoms with Crippen LogP contribution in [0.2, 0.25) is 0 Å². The summed E-state index contributed by atoms with van der Waals surface area (Å²) in [7, 11) is 4.66. The molecule has 38 heavy (non-hydrogen) atoms. The Morgan fingerprint density at radius 3 is 2.42 bits per heavy atom. The third-order valence-electron chi connectivity index (χ3n) is 5.92. The summed E-state index contributed by atoms with van der Waals surface area (Å²) in [6.45, 7) is 0.336. The van der Waals surface area contributed by atoms with Crippen molar-refractivity contribution in [2.75, 3.05) is 33.2 Å². The molecule has 4 rings (SSSR count). The minimum atomic E-state index is -0.705. The van der Waals surface area contributed by atoms with Crippen molar-refractivity contribution in [1.82, 2.24) is 4.90 Å². The molecule has 1 saturated heterocycles. The first kappa shape index (κ1) is 27.0. The highest BCUT2D eigenvalue weighted by atomic mass is 32.2. The van der Waals surface area contributed by atoms with Crippen LogP contribution in [0.4, 0.5) is 15.8 Å². The number of nitrogens with zero attached hydrogens (tertiary/aromatic N) is 2. The Balaban J connectivity index is 1.56. The Labute approximate surface area is 224 Å². The fourth-order valence-electron chi connectivity index (χ4n) is 3.93. The molecule has 10 heteroatoms. The summed E-state index contributed by atoms with van der Waals surface area (Å²) < 4.78 is 29.5. The largest absolute Gasteiger partial charge is 0.495 e. The molecule has 0 aromatic heterocycles. The van der Waals surface area contributed by atoms with Gasteiger partial charge in [0.15, 0.2) is 16.7 Å². The number of thioether (sulfide) groups is 1. The Morgan fingerprint density at radius 1 is 1.00 bits per heavy atom. The number of hydrogen-bond donors (Lipinski definition) is 1. The predicted molar refractivity (Wildman–Crippen MR) is 146 cm³/mol. The normalized spacial score (nSPS) is 16.3. The van der Waals surface area contributed by atoms with Crippen LogP contribution in [0.5, 0.6) is 17.2 Å². The van der Waals surface area contributed by atoms with Gasteiger partial charge in [-0.1, -0.05) is 30.0 Å². The number of rotatable bonds is 9. The summed E-state index contributed by atoms with van der Waals surface area (Å²) in [5, 5.41) is 2.52. The monoisotopic (exact) mass is 537 g/mol. The zero-order chi connectivity index (χ0) is 27.1. The molecule has 8 nitrogen and oxygen atoms in total. The molecule has 3 aromatic carbocycles. The number of amidine groups is 1. The van der Waals surface area contributed by atoms with Gasteiger partial charge >= 0.3 is 0 Å². The van der Waals surface area contributed by atoms with Crippen molar-refractivity contribution in [3.63, 3.8) is 0 Å². The molecular weight excluding hydrogens is 509 g/mol. The van der Waals surface area contributed by atoms with Gasteiger partial charge in [0.25, 0.3) is 0 Å². The second-order valence-electron chi connectivity index (χ2n) is 8.36. The molecule has 1 atom stereocenters. The lowest BCUT2D eigenvalue weighted by atomic mass is 10.1. The van der Waals surface area contributed by atoms with E-state index in [-0.39, 0.29) is 24.1 Å². The molecule has 0 spiro atoms. The number of anilines is 1. The molecule has 198 valence electrons. The maximum absolute atomic E-state index is 13.5. The number of para-hydroxylation sites is 2. The van der Waals surface area contributed by atoms with Crippen LogP contribution in [0.3, 0.4) is 0 Å². The fraction of sp³-hybridized carbons (Fsp3) is 0.250. The van der Waals surface area contributed by atoms with Gasteiger partial charge in [-0.05, 0) is 60.5 Å². The smallest absolute Gasteiger partial charge is 0.238 e. The van der Waals surface area contributed by atoms with E-state index in [1.165, 1.54) is 43.1 Å². The van der Waals surface area contributed by atoms with E-state index in [0.29, 0.717) is 46.8 Å². The molecular formula is C28H28FN3O5S. The van der Waals surface area contributed by atoms with Crippen molar-refractivity contribution in [2.24, 2.45) is 4.99 Å². The third-order valence-corrected chi connectivity index (χ3v) is 7.11. The van der Waals surface area contributed by atoms with Crippen LogP contribution >= 0.6 is 11.8 Å². The third kappa shape index (κ3) is 6.44. The molecule has 1 unspecified atom stereocenters. The van der Waals surface area contributed by atoms with Crippen LogP contribution in [-0.2, 0) is 16.0 Å². The fourth-order valence-corrected chi connectivity index (χ4v) is 5.05. The minimum absolute atomic E-state index is 0.0000204. The van der Waals surface area contributed by atoms with Gasteiger partial charge < -0.3 is 19.5 Å². The van der Waals surface area contributed by atoms with Gasteiger partial charge in [0.05, 0.1) is 32.7 Å².